The van der Waals surface area contributed by atoms with E-state index >= 15 is 0 Å². The summed E-state index contributed by atoms with van der Waals surface area (Å²) in [5, 5.41) is 16.8. The number of nitrogens with zero attached hydrogens (tertiary/aromatic N) is 1. The van der Waals surface area contributed by atoms with Gasteiger partial charge in [0.25, 0.3) is 5.69 Å². The second-order valence-corrected chi connectivity index (χ2v) is 3.64. The summed E-state index contributed by atoms with van der Waals surface area (Å²) in [6.07, 6.45) is 0. The van der Waals surface area contributed by atoms with Gasteiger partial charge in [-0.3, -0.25) is 10.1 Å². The number of benzene rings is 1. The van der Waals surface area contributed by atoms with E-state index in [-0.39, 0.29) is 22.7 Å². The van der Waals surface area contributed by atoms with Crippen molar-refractivity contribution in [3.05, 3.63) is 39.9 Å². The molecule has 102 valence electrons. The average Bonchev–Trinajstić information content (AvgIpc) is 2.34. The number of rotatable bonds is 8. The minimum absolute atomic E-state index is 0. The van der Waals surface area contributed by atoms with Crippen LogP contribution in [0, 0.1) is 10.1 Å². The minimum Gasteiger partial charge on any atom is -0.329 e. The summed E-state index contributed by atoms with van der Waals surface area (Å²) in [6.45, 7) is 3.88. The quantitative estimate of drug-likeness (QED) is 0.375. The molecule has 0 saturated heterocycles. The zero-order valence-electron chi connectivity index (χ0n) is 10.1. The van der Waals surface area contributed by atoms with Crippen molar-refractivity contribution < 1.29 is 4.92 Å². The van der Waals surface area contributed by atoms with Gasteiger partial charge in [-0.15, -0.1) is 17.0 Å². The molecule has 0 aliphatic heterocycles. The third kappa shape index (κ3) is 6.65. The van der Waals surface area contributed by atoms with Gasteiger partial charge in [0, 0.05) is 44.9 Å². The highest BCUT2D eigenvalue weighted by atomic mass is 79.9. The molecule has 0 heterocycles. The molecule has 0 unspecified atom stereocenters. The lowest BCUT2D eigenvalue weighted by Gasteiger charge is -2.05. The van der Waals surface area contributed by atoms with Gasteiger partial charge in [0.2, 0.25) is 0 Å². The van der Waals surface area contributed by atoms with E-state index in [2.05, 4.69) is 10.6 Å². The van der Waals surface area contributed by atoms with Crippen molar-refractivity contribution in [2.24, 2.45) is 5.73 Å². The highest BCUT2D eigenvalue weighted by Gasteiger charge is 2.03. The van der Waals surface area contributed by atoms with Crippen LogP contribution in [-0.4, -0.2) is 31.1 Å². The second-order valence-electron chi connectivity index (χ2n) is 3.64. The van der Waals surface area contributed by atoms with Crippen molar-refractivity contribution in [1.82, 2.24) is 10.6 Å². The van der Waals surface area contributed by atoms with Crippen molar-refractivity contribution in [2.75, 3.05) is 26.2 Å². The standard InChI is InChI=1S/C11H18N4O2.BrH/c12-5-6-13-7-8-14-9-10-1-3-11(4-2-10)15(16)17;/h1-4,13-14H,5-9,12H2;1H. The Bertz CT molecular complexity index is 345. The van der Waals surface area contributed by atoms with Crippen molar-refractivity contribution in [2.45, 2.75) is 6.54 Å². The summed E-state index contributed by atoms with van der Waals surface area (Å²) in [5.74, 6) is 0. The second kappa shape index (κ2) is 9.95. The molecular weight excluding hydrogens is 300 g/mol. The topological polar surface area (TPSA) is 93.2 Å². The monoisotopic (exact) mass is 318 g/mol. The minimum atomic E-state index is -0.395. The van der Waals surface area contributed by atoms with E-state index in [9.17, 15) is 10.1 Å². The fourth-order valence-corrected chi connectivity index (χ4v) is 1.37. The van der Waals surface area contributed by atoms with Gasteiger partial charge in [-0.1, -0.05) is 12.1 Å². The van der Waals surface area contributed by atoms with Crippen LogP contribution in [0.1, 0.15) is 5.56 Å². The Balaban J connectivity index is 0.00000289. The Morgan fingerprint density at radius 1 is 1.11 bits per heavy atom. The number of hydrogen-bond donors (Lipinski definition) is 3. The Labute approximate surface area is 117 Å². The van der Waals surface area contributed by atoms with Gasteiger partial charge in [-0.25, -0.2) is 0 Å². The van der Waals surface area contributed by atoms with Crippen LogP contribution in [-0.2, 0) is 6.54 Å². The molecule has 0 bridgehead atoms. The fraction of sp³-hybridized carbons (Fsp3) is 0.455. The normalized spacial score (nSPS) is 9.83. The van der Waals surface area contributed by atoms with Crippen LogP contribution in [0.2, 0.25) is 0 Å². The van der Waals surface area contributed by atoms with E-state index in [4.69, 9.17) is 5.73 Å². The van der Waals surface area contributed by atoms with Crippen molar-refractivity contribution in [3.63, 3.8) is 0 Å². The molecule has 6 nitrogen and oxygen atoms in total. The van der Waals surface area contributed by atoms with E-state index in [1.165, 1.54) is 12.1 Å². The molecule has 0 atom stereocenters. The number of hydrogen-bond acceptors (Lipinski definition) is 5. The first kappa shape index (κ1) is 17.0. The number of nitrogens with one attached hydrogen (secondary N) is 2. The summed E-state index contributed by atoms with van der Waals surface area (Å²) in [5.41, 5.74) is 6.49. The first-order valence-corrected chi connectivity index (χ1v) is 5.59. The van der Waals surface area contributed by atoms with Crippen LogP contribution in [0.5, 0.6) is 0 Å². The molecule has 0 radical (unpaired) electrons. The van der Waals surface area contributed by atoms with Crippen LogP contribution in [0.15, 0.2) is 24.3 Å². The zero-order chi connectivity index (χ0) is 12.5. The molecule has 4 N–H and O–H groups in total. The first-order valence-electron chi connectivity index (χ1n) is 5.59. The molecule has 1 aromatic carbocycles. The third-order valence-corrected chi connectivity index (χ3v) is 2.28. The van der Waals surface area contributed by atoms with Gasteiger partial charge in [0.05, 0.1) is 4.92 Å². The van der Waals surface area contributed by atoms with Gasteiger partial charge in [-0.05, 0) is 5.56 Å². The SMILES string of the molecule is Br.NCCNCCNCc1ccc([N+](=O)[O-])cc1. The molecule has 0 spiro atoms. The molecule has 0 aliphatic rings. The molecule has 7 heteroatoms. The van der Waals surface area contributed by atoms with Gasteiger partial charge >= 0.3 is 0 Å². The molecule has 1 aromatic rings. The summed E-state index contributed by atoms with van der Waals surface area (Å²) < 4.78 is 0. The lowest BCUT2D eigenvalue weighted by molar-refractivity contribution is -0.384. The number of non-ortho nitro benzene ring substituents is 1. The van der Waals surface area contributed by atoms with Gasteiger partial charge < -0.3 is 16.4 Å². The number of nitro groups is 1. The Kier molecular flexibility index (Phi) is 9.39. The number of nitro benzene ring substituents is 1. The Morgan fingerprint density at radius 2 is 1.72 bits per heavy atom. The van der Waals surface area contributed by atoms with E-state index < -0.39 is 4.92 Å². The fourth-order valence-electron chi connectivity index (χ4n) is 1.37. The zero-order valence-corrected chi connectivity index (χ0v) is 11.8. The maximum absolute atomic E-state index is 10.4. The van der Waals surface area contributed by atoms with Crippen LogP contribution in [0.25, 0.3) is 0 Å². The van der Waals surface area contributed by atoms with Crippen molar-refractivity contribution in [1.29, 1.82) is 0 Å². The molecule has 18 heavy (non-hydrogen) atoms. The predicted molar refractivity (Wildman–Crippen MR) is 77.0 cm³/mol. The molecule has 0 aromatic heterocycles. The molecule has 0 amide bonds. The average molecular weight is 319 g/mol. The van der Waals surface area contributed by atoms with Crippen LogP contribution in [0.3, 0.4) is 0 Å². The summed E-state index contributed by atoms with van der Waals surface area (Å²) >= 11 is 0. The van der Waals surface area contributed by atoms with Gasteiger partial charge in [0.1, 0.15) is 0 Å². The molecular formula is C11H19BrN4O2. The Hall–Kier alpha value is -1.02. The summed E-state index contributed by atoms with van der Waals surface area (Å²) in [6, 6.07) is 6.56. The smallest absolute Gasteiger partial charge is 0.269 e. The maximum atomic E-state index is 10.4. The van der Waals surface area contributed by atoms with Crippen molar-refractivity contribution in [3.8, 4) is 0 Å². The van der Waals surface area contributed by atoms with Crippen LogP contribution in [0.4, 0.5) is 5.69 Å². The van der Waals surface area contributed by atoms with Crippen LogP contribution < -0.4 is 16.4 Å². The number of halogens is 1. The maximum Gasteiger partial charge on any atom is 0.269 e. The Morgan fingerprint density at radius 3 is 2.28 bits per heavy atom. The molecule has 0 aliphatic carbocycles. The largest absolute Gasteiger partial charge is 0.329 e. The van der Waals surface area contributed by atoms with E-state index in [1.54, 1.807) is 12.1 Å². The summed E-state index contributed by atoms with van der Waals surface area (Å²) in [7, 11) is 0. The van der Waals surface area contributed by atoms with Gasteiger partial charge in [-0.2, -0.15) is 0 Å². The highest BCUT2D eigenvalue weighted by Crippen LogP contribution is 2.11. The van der Waals surface area contributed by atoms with Gasteiger partial charge in [0.15, 0.2) is 0 Å². The molecule has 0 saturated carbocycles. The predicted octanol–water partition coefficient (Wildman–Crippen LogP) is 0.811. The first-order chi connectivity index (χ1) is 8.24. The summed E-state index contributed by atoms with van der Waals surface area (Å²) in [4.78, 5) is 10.0. The molecule has 1 rings (SSSR count). The van der Waals surface area contributed by atoms with Crippen LogP contribution >= 0.6 is 17.0 Å². The third-order valence-electron chi connectivity index (χ3n) is 2.28. The molecule has 0 fully saturated rings. The lowest BCUT2D eigenvalue weighted by atomic mass is 10.2. The van der Waals surface area contributed by atoms with E-state index in [1.807, 2.05) is 0 Å². The lowest BCUT2D eigenvalue weighted by Crippen LogP contribution is -2.30. The van der Waals surface area contributed by atoms with E-state index in [0.29, 0.717) is 13.1 Å². The highest BCUT2D eigenvalue weighted by molar-refractivity contribution is 8.93. The number of nitrogens with two attached hydrogens (primary N) is 1. The van der Waals surface area contributed by atoms with E-state index in [0.717, 1.165) is 25.2 Å². The van der Waals surface area contributed by atoms with Crippen molar-refractivity contribution >= 4 is 22.7 Å².